The Morgan fingerprint density at radius 2 is 1.72 bits per heavy atom. The van der Waals surface area contributed by atoms with Crippen molar-refractivity contribution in [3.63, 3.8) is 0 Å². The number of nitrogens with zero attached hydrogens (tertiary/aromatic N) is 2. The standard InChI is InChI=1S/C14H20ClIN2/c1-9(2)12-11(16)13(15)18-14(17-12)10-7-5-3-4-6-8-10/h9-10H,3-8H2,1-2H3. The summed E-state index contributed by atoms with van der Waals surface area (Å²) in [7, 11) is 0. The molecule has 1 aromatic heterocycles. The van der Waals surface area contributed by atoms with E-state index in [9.17, 15) is 0 Å². The molecule has 1 fully saturated rings. The molecule has 0 amide bonds. The molecule has 4 heteroatoms. The highest BCUT2D eigenvalue weighted by atomic mass is 127. The molecule has 0 bridgehead atoms. The van der Waals surface area contributed by atoms with Crippen LogP contribution in [0.1, 0.15) is 75.7 Å². The second-order valence-electron chi connectivity index (χ2n) is 5.42. The van der Waals surface area contributed by atoms with E-state index in [1.54, 1.807) is 0 Å². The zero-order chi connectivity index (χ0) is 13.1. The summed E-state index contributed by atoms with van der Waals surface area (Å²) in [5, 5.41) is 0.633. The van der Waals surface area contributed by atoms with E-state index >= 15 is 0 Å². The highest BCUT2D eigenvalue weighted by Crippen LogP contribution is 2.33. The predicted octanol–water partition coefficient (Wildman–Crippen LogP) is 5.30. The van der Waals surface area contributed by atoms with Crippen LogP contribution in [0.25, 0.3) is 0 Å². The van der Waals surface area contributed by atoms with Gasteiger partial charge in [-0.3, -0.25) is 0 Å². The summed E-state index contributed by atoms with van der Waals surface area (Å²) in [6, 6.07) is 0. The van der Waals surface area contributed by atoms with Crippen LogP contribution in [0.4, 0.5) is 0 Å². The number of halogens is 2. The Morgan fingerprint density at radius 1 is 1.11 bits per heavy atom. The van der Waals surface area contributed by atoms with Gasteiger partial charge in [0.25, 0.3) is 0 Å². The van der Waals surface area contributed by atoms with Crippen molar-refractivity contribution in [2.24, 2.45) is 0 Å². The van der Waals surface area contributed by atoms with Crippen molar-refractivity contribution in [1.29, 1.82) is 0 Å². The summed E-state index contributed by atoms with van der Waals surface area (Å²) in [5.74, 6) is 1.90. The molecular weight excluding hydrogens is 359 g/mol. The lowest BCUT2D eigenvalue weighted by Gasteiger charge is -2.16. The highest BCUT2D eigenvalue weighted by molar-refractivity contribution is 14.1. The normalized spacial score (nSPS) is 18.1. The first kappa shape index (κ1) is 14.5. The Balaban J connectivity index is 2.32. The maximum atomic E-state index is 6.26. The zero-order valence-corrected chi connectivity index (χ0v) is 14.0. The number of rotatable bonds is 2. The van der Waals surface area contributed by atoms with Gasteiger partial charge in [0.05, 0.1) is 9.26 Å². The molecule has 0 atom stereocenters. The fraction of sp³-hybridized carbons (Fsp3) is 0.714. The van der Waals surface area contributed by atoms with Crippen LogP contribution in [0.3, 0.4) is 0 Å². The van der Waals surface area contributed by atoms with Gasteiger partial charge in [-0.05, 0) is 41.4 Å². The summed E-state index contributed by atoms with van der Waals surface area (Å²) in [5.41, 5.74) is 1.11. The van der Waals surface area contributed by atoms with E-state index in [1.807, 2.05) is 0 Å². The van der Waals surface area contributed by atoms with E-state index in [0.29, 0.717) is 17.0 Å². The van der Waals surface area contributed by atoms with Gasteiger partial charge in [0.1, 0.15) is 11.0 Å². The molecule has 0 unspecified atom stereocenters. The molecule has 0 aliphatic heterocycles. The molecule has 0 spiro atoms. The monoisotopic (exact) mass is 378 g/mol. The van der Waals surface area contributed by atoms with Crippen LogP contribution >= 0.6 is 34.2 Å². The van der Waals surface area contributed by atoms with Crippen LogP contribution in [0, 0.1) is 3.57 Å². The minimum atomic E-state index is 0.405. The van der Waals surface area contributed by atoms with Crippen LogP contribution in [0.15, 0.2) is 0 Å². The van der Waals surface area contributed by atoms with Gasteiger partial charge in [-0.15, -0.1) is 0 Å². The van der Waals surface area contributed by atoms with Crippen molar-refractivity contribution in [2.75, 3.05) is 0 Å². The molecule has 1 saturated carbocycles. The van der Waals surface area contributed by atoms with Crippen LogP contribution in [0.2, 0.25) is 5.15 Å². The molecule has 1 heterocycles. The van der Waals surface area contributed by atoms with Crippen molar-refractivity contribution in [3.8, 4) is 0 Å². The molecule has 0 N–H and O–H groups in total. The summed E-state index contributed by atoms with van der Waals surface area (Å²) in [6.45, 7) is 4.33. The minimum absolute atomic E-state index is 0.405. The molecule has 1 aliphatic carbocycles. The molecule has 0 aromatic carbocycles. The lowest BCUT2D eigenvalue weighted by atomic mass is 9.99. The SMILES string of the molecule is CC(C)c1nc(C2CCCCCC2)nc(Cl)c1I. The average molecular weight is 379 g/mol. The number of hydrogen-bond donors (Lipinski definition) is 0. The van der Waals surface area contributed by atoms with Crippen molar-refractivity contribution < 1.29 is 0 Å². The second-order valence-corrected chi connectivity index (χ2v) is 6.85. The molecule has 0 radical (unpaired) electrons. The average Bonchev–Trinajstić information content (AvgIpc) is 2.60. The molecule has 2 rings (SSSR count). The van der Waals surface area contributed by atoms with Crippen LogP contribution in [0.5, 0.6) is 0 Å². The van der Waals surface area contributed by atoms with Crippen molar-refractivity contribution in [1.82, 2.24) is 9.97 Å². The highest BCUT2D eigenvalue weighted by Gasteiger charge is 2.21. The molecule has 1 aromatic rings. The van der Waals surface area contributed by atoms with Gasteiger partial charge < -0.3 is 0 Å². The van der Waals surface area contributed by atoms with E-state index in [-0.39, 0.29) is 0 Å². The third-order valence-electron chi connectivity index (χ3n) is 3.62. The van der Waals surface area contributed by atoms with Crippen molar-refractivity contribution in [2.45, 2.75) is 64.2 Å². The maximum absolute atomic E-state index is 6.26. The maximum Gasteiger partial charge on any atom is 0.146 e. The summed E-state index contributed by atoms with van der Waals surface area (Å²) in [4.78, 5) is 9.32. The fourth-order valence-electron chi connectivity index (χ4n) is 2.56. The van der Waals surface area contributed by atoms with E-state index in [2.05, 4.69) is 41.4 Å². The fourth-order valence-corrected chi connectivity index (χ4v) is 3.60. The van der Waals surface area contributed by atoms with Crippen LogP contribution in [-0.2, 0) is 0 Å². The molecule has 100 valence electrons. The van der Waals surface area contributed by atoms with Crippen molar-refractivity contribution in [3.05, 3.63) is 20.2 Å². The van der Waals surface area contributed by atoms with Crippen molar-refractivity contribution >= 4 is 34.2 Å². The second kappa shape index (κ2) is 6.51. The minimum Gasteiger partial charge on any atom is -0.236 e. The third kappa shape index (κ3) is 3.35. The number of hydrogen-bond acceptors (Lipinski definition) is 2. The van der Waals surface area contributed by atoms with Crippen LogP contribution < -0.4 is 0 Å². The third-order valence-corrected chi connectivity index (χ3v) is 5.28. The van der Waals surface area contributed by atoms with Gasteiger partial charge in [-0.1, -0.05) is 51.1 Å². The zero-order valence-electron chi connectivity index (χ0n) is 11.0. The van der Waals surface area contributed by atoms with Gasteiger partial charge in [0.2, 0.25) is 0 Å². The van der Waals surface area contributed by atoms with Gasteiger partial charge in [-0.25, -0.2) is 9.97 Å². The van der Waals surface area contributed by atoms with Gasteiger partial charge in [-0.2, -0.15) is 0 Å². The Labute approximate surface area is 128 Å². The Hall–Kier alpha value is 0.100. The first-order chi connectivity index (χ1) is 8.59. The summed E-state index contributed by atoms with van der Waals surface area (Å²) < 4.78 is 1.02. The summed E-state index contributed by atoms with van der Waals surface area (Å²) >= 11 is 8.52. The topological polar surface area (TPSA) is 25.8 Å². The molecule has 0 saturated heterocycles. The van der Waals surface area contributed by atoms with E-state index in [0.717, 1.165) is 15.1 Å². The van der Waals surface area contributed by atoms with Gasteiger partial charge in [0.15, 0.2) is 0 Å². The van der Waals surface area contributed by atoms with E-state index < -0.39 is 0 Å². The van der Waals surface area contributed by atoms with E-state index in [4.69, 9.17) is 16.6 Å². The van der Waals surface area contributed by atoms with Crippen LogP contribution in [-0.4, -0.2) is 9.97 Å². The molecular formula is C14H20ClIN2. The molecule has 18 heavy (non-hydrogen) atoms. The molecule has 1 aliphatic rings. The first-order valence-electron chi connectivity index (χ1n) is 6.82. The largest absolute Gasteiger partial charge is 0.236 e. The predicted molar refractivity (Wildman–Crippen MR) is 84.3 cm³/mol. The quantitative estimate of drug-likeness (QED) is 0.397. The lowest BCUT2D eigenvalue weighted by molar-refractivity contribution is 0.554. The summed E-state index contributed by atoms with van der Waals surface area (Å²) in [6.07, 6.45) is 7.74. The Kier molecular flexibility index (Phi) is 5.24. The first-order valence-corrected chi connectivity index (χ1v) is 8.28. The Bertz CT molecular complexity index is 413. The van der Waals surface area contributed by atoms with Gasteiger partial charge >= 0.3 is 0 Å². The number of aromatic nitrogens is 2. The molecule has 2 nitrogen and oxygen atoms in total. The van der Waals surface area contributed by atoms with E-state index in [1.165, 1.54) is 38.5 Å². The Morgan fingerprint density at radius 3 is 2.28 bits per heavy atom. The smallest absolute Gasteiger partial charge is 0.146 e. The van der Waals surface area contributed by atoms with Gasteiger partial charge in [0, 0.05) is 5.92 Å². The lowest BCUT2D eigenvalue weighted by Crippen LogP contribution is -2.09.